The Labute approximate surface area is 217 Å². The van der Waals surface area contributed by atoms with Gasteiger partial charge in [-0.2, -0.15) is 0 Å². The summed E-state index contributed by atoms with van der Waals surface area (Å²) in [6.45, 7) is 16.4. The third kappa shape index (κ3) is 9.78. The Balaban J connectivity index is 3.20. The maximum absolute atomic E-state index is 12.9. The van der Waals surface area contributed by atoms with Crippen molar-refractivity contribution in [2.75, 3.05) is 6.66 Å². The van der Waals surface area contributed by atoms with Crippen molar-refractivity contribution in [1.82, 2.24) is 0 Å². The number of carbonyl (C=O) groups is 2. The van der Waals surface area contributed by atoms with Gasteiger partial charge in [0.05, 0.1) is 12.2 Å². The zero-order chi connectivity index (χ0) is 26.6. The highest BCUT2D eigenvalue weighted by atomic mass is 31.1. The van der Waals surface area contributed by atoms with E-state index < -0.39 is 25.1 Å². The average Bonchev–Trinajstić information content (AvgIpc) is 2.78. The Morgan fingerprint density at radius 1 is 1.29 bits per heavy atom. The molecule has 1 heterocycles. The monoisotopic (exact) mass is 506 g/mol. The summed E-state index contributed by atoms with van der Waals surface area (Å²) in [5.41, 5.74) is -0.396. The van der Waals surface area contributed by atoms with Gasteiger partial charge in [-0.15, -0.1) is 0 Å². The van der Waals surface area contributed by atoms with Crippen LogP contribution in [0.2, 0.25) is 0 Å². The van der Waals surface area contributed by atoms with E-state index in [0.29, 0.717) is 25.2 Å². The maximum Gasteiger partial charge on any atom is 0.306 e. The smallest absolute Gasteiger partial charge is 0.306 e. The van der Waals surface area contributed by atoms with Crippen LogP contribution in [0.25, 0.3) is 0 Å². The molecule has 0 aromatic carbocycles. The van der Waals surface area contributed by atoms with Crippen LogP contribution in [0.15, 0.2) is 23.8 Å². The maximum atomic E-state index is 12.9. The lowest BCUT2D eigenvalue weighted by Gasteiger charge is -2.53. The Morgan fingerprint density at radius 3 is 2.49 bits per heavy atom. The molecule has 5 atom stereocenters. The minimum absolute atomic E-state index is 0.0284. The highest BCUT2D eigenvalue weighted by molar-refractivity contribution is 7.77. The number of hydrogen-bond donors (Lipinski definition) is 0. The number of hydrogen-bond acceptors (Lipinski definition) is 5. The molecule has 7 heteroatoms. The number of aldehydes is 1. The normalized spacial score (nSPS) is 26.3. The van der Waals surface area contributed by atoms with Crippen LogP contribution in [0.3, 0.4) is 0 Å². The summed E-state index contributed by atoms with van der Waals surface area (Å²) >= 11 is 0. The summed E-state index contributed by atoms with van der Waals surface area (Å²) in [5, 5.41) is 0. The average molecular weight is 506 g/mol. The van der Waals surface area contributed by atoms with Crippen molar-refractivity contribution in [3.05, 3.63) is 23.8 Å². The molecule has 0 N–H and O–H groups in total. The van der Waals surface area contributed by atoms with E-state index in [1.54, 1.807) is 0 Å². The van der Waals surface area contributed by atoms with Crippen molar-refractivity contribution < 1.29 is 23.6 Å². The van der Waals surface area contributed by atoms with Crippen molar-refractivity contribution in [3.63, 3.8) is 0 Å². The molecule has 0 amide bonds. The van der Waals surface area contributed by atoms with Crippen molar-refractivity contribution >= 4 is 27.8 Å². The zero-order valence-electron chi connectivity index (χ0n) is 23.3. The Morgan fingerprint density at radius 2 is 1.94 bits per heavy atom. The summed E-state index contributed by atoms with van der Waals surface area (Å²) in [5.74, 6) is 0.0936. The zero-order valence-corrected chi connectivity index (χ0v) is 24.2. The van der Waals surface area contributed by atoms with Crippen LogP contribution < -0.4 is 0 Å². The third-order valence-electron chi connectivity index (χ3n) is 7.23. The lowest BCUT2D eigenvalue weighted by molar-refractivity contribution is -0.218. The molecule has 0 aliphatic carbocycles. The van der Waals surface area contributed by atoms with Gasteiger partial charge in [0, 0.05) is 18.3 Å². The number of ether oxygens (including phenoxy) is 2. The second-order valence-electron chi connectivity index (χ2n) is 10.8. The van der Waals surface area contributed by atoms with Gasteiger partial charge in [0.25, 0.3) is 0 Å². The fourth-order valence-electron chi connectivity index (χ4n) is 4.67. The molecule has 198 valence electrons. The number of carbonyl (C=O) groups excluding carboxylic acids is 2. The Hall–Kier alpha value is -0.965. The molecular weight excluding hydrogens is 458 g/mol. The van der Waals surface area contributed by atoms with E-state index in [9.17, 15) is 9.59 Å². The second kappa shape index (κ2) is 15.3. The summed E-state index contributed by atoms with van der Waals surface area (Å²) in [6.07, 6.45) is 12.6. The first-order valence-electron chi connectivity index (χ1n) is 13.2. The molecular formula is C28H48BO5P. The van der Waals surface area contributed by atoms with Gasteiger partial charge in [-0.25, -0.2) is 0 Å². The highest BCUT2D eigenvalue weighted by Gasteiger charge is 2.54. The first-order chi connectivity index (χ1) is 16.4. The van der Waals surface area contributed by atoms with Crippen LogP contribution in [-0.2, 0) is 23.6 Å². The quantitative estimate of drug-likeness (QED) is 0.0452. The first-order valence-corrected chi connectivity index (χ1v) is 15.0. The van der Waals surface area contributed by atoms with Gasteiger partial charge < -0.3 is 14.0 Å². The fourth-order valence-corrected chi connectivity index (χ4v) is 5.43. The number of allylic oxidation sites excluding steroid dienone is 2. The summed E-state index contributed by atoms with van der Waals surface area (Å²) in [6, 6.07) is 0. The largest absolute Gasteiger partial charge is 0.455 e. The van der Waals surface area contributed by atoms with E-state index in [1.165, 1.54) is 18.9 Å². The predicted molar refractivity (Wildman–Crippen MR) is 147 cm³/mol. The predicted octanol–water partition coefficient (Wildman–Crippen LogP) is 7.08. The van der Waals surface area contributed by atoms with E-state index in [2.05, 4.69) is 20.8 Å². The van der Waals surface area contributed by atoms with Gasteiger partial charge in [-0.3, -0.25) is 9.59 Å². The molecule has 1 aliphatic heterocycles. The van der Waals surface area contributed by atoms with E-state index in [-0.39, 0.29) is 18.2 Å². The van der Waals surface area contributed by atoms with Crippen molar-refractivity contribution in [3.8, 4) is 0 Å². The van der Waals surface area contributed by atoms with Gasteiger partial charge in [-0.1, -0.05) is 72.5 Å². The molecule has 2 unspecified atom stereocenters. The molecule has 0 aromatic rings. The molecule has 2 radical (unpaired) electrons. The van der Waals surface area contributed by atoms with E-state index in [1.807, 2.05) is 46.5 Å². The SMILES string of the molecule is [B]P(C)OC(C[C@@H]1C/C(=C\C)[C@H](OC(=O)CCCCCCC)[C@](C)(C(C)(C)/C=C/C=O)O1)C(C)C. The van der Waals surface area contributed by atoms with Crippen molar-refractivity contribution in [2.24, 2.45) is 11.3 Å². The summed E-state index contributed by atoms with van der Waals surface area (Å²) in [7, 11) is 5.01. The number of rotatable bonds is 15. The molecule has 1 aliphatic rings. The molecule has 5 nitrogen and oxygen atoms in total. The van der Waals surface area contributed by atoms with Crippen LogP contribution in [0.5, 0.6) is 0 Å². The lowest BCUT2D eigenvalue weighted by atomic mass is 9.68. The summed E-state index contributed by atoms with van der Waals surface area (Å²) < 4.78 is 19.0. The molecule has 1 fully saturated rings. The lowest BCUT2D eigenvalue weighted by Crippen LogP contribution is -2.60. The van der Waals surface area contributed by atoms with E-state index >= 15 is 0 Å². The molecule has 0 spiro atoms. The van der Waals surface area contributed by atoms with Gasteiger partial charge in [0.2, 0.25) is 0 Å². The first kappa shape index (κ1) is 32.1. The summed E-state index contributed by atoms with van der Waals surface area (Å²) in [4.78, 5) is 24.0. The third-order valence-corrected chi connectivity index (χ3v) is 7.83. The van der Waals surface area contributed by atoms with Crippen LogP contribution in [-0.4, -0.2) is 50.4 Å². The van der Waals surface area contributed by atoms with E-state index in [0.717, 1.165) is 31.1 Å². The van der Waals surface area contributed by atoms with Gasteiger partial charge in [0.1, 0.15) is 19.5 Å². The fraction of sp³-hybridized carbons (Fsp3) is 0.786. The van der Waals surface area contributed by atoms with Crippen LogP contribution in [0, 0.1) is 11.3 Å². The minimum Gasteiger partial charge on any atom is -0.455 e. The minimum atomic E-state index is -0.989. The molecule has 1 saturated heterocycles. The van der Waals surface area contributed by atoms with Crippen LogP contribution in [0.4, 0.5) is 0 Å². The van der Waals surface area contributed by atoms with Gasteiger partial charge in [0.15, 0.2) is 6.10 Å². The highest BCUT2D eigenvalue weighted by Crippen LogP contribution is 2.48. The molecule has 0 saturated carbocycles. The van der Waals surface area contributed by atoms with Gasteiger partial charge >= 0.3 is 5.97 Å². The number of unbranched alkanes of at least 4 members (excludes halogenated alkanes) is 4. The Bertz CT molecular complexity index is 718. The van der Waals surface area contributed by atoms with Crippen molar-refractivity contribution in [2.45, 2.75) is 124 Å². The van der Waals surface area contributed by atoms with E-state index in [4.69, 9.17) is 21.6 Å². The van der Waals surface area contributed by atoms with Crippen molar-refractivity contribution in [1.29, 1.82) is 0 Å². The molecule has 35 heavy (non-hydrogen) atoms. The topological polar surface area (TPSA) is 61.8 Å². The van der Waals surface area contributed by atoms with Crippen LogP contribution >= 0.6 is 8.03 Å². The standard InChI is InChI=1S/C28H48BO5P/c1-9-11-12-13-14-16-25(31)32-26-22(10-2)19-23(20-24(21(3)4)34-35(8)29)33-28(26,7)27(5,6)17-15-18-30/h10,15,17-18,21,23-24,26H,9,11-14,16,19-20H2,1-8H3/b17-15+,22-10+/t23-,24?,26-,28+,35?/m0/s1. The second-order valence-corrected chi connectivity index (χ2v) is 12.1. The van der Waals surface area contributed by atoms with Gasteiger partial charge in [-0.05, 0) is 58.9 Å². The molecule has 0 aromatic heterocycles. The Kier molecular flexibility index (Phi) is 14.0. The molecule has 1 rings (SSSR count). The number of esters is 1. The van der Waals surface area contributed by atoms with Crippen LogP contribution in [0.1, 0.15) is 99.8 Å². The molecule has 0 bridgehead atoms.